The minimum Gasteiger partial charge on any atom is -0.495 e. The zero-order valence-corrected chi connectivity index (χ0v) is 16.1. The second-order valence-electron chi connectivity index (χ2n) is 6.02. The molecule has 144 valence electrons. The Morgan fingerprint density at radius 2 is 2.00 bits per heavy atom. The first kappa shape index (κ1) is 19.0. The van der Waals surface area contributed by atoms with E-state index in [-0.39, 0.29) is 17.2 Å². The molecule has 0 atom stereocenters. The number of ether oxygens (including phenoxy) is 2. The van der Waals surface area contributed by atoms with Crippen molar-refractivity contribution in [1.29, 1.82) is 0 Å². The van der Waals surface area contributed by atoms with Crippen molar-refractivity contribution in [2.45, 2.75) is 24.7 Å². The van der Waals surface area contributed by atoms with Crippen LogP contribution in [-0.4, -0.2) is 34.8 Å². The molecule has 1 aliphatic rings. The van der Waals surface area contributed by atoms with Crippen LogP contribution >= 0.6 is 0 Å². The number of para-hydroxylation sites is 1. The van der Waals surface area contributed by atoms with E-state index in [0.717, 1.165) is 18.4 Å². The zero-order chi connectivity index (χ0) is 19.4. The monoisotopic (exact) mass is 390 g/mol. The maximum atomic E-state index is 13.3. The highest BCUT2D eigenvalue weighted by molar-refractivity contribution is 7.92. The molecule has 2 aromatic rings. The number of aryl methyl sites for hydroxylation is 1. The first-order chi connectivity index (χ1) is 13.0. The Hall–Kier alpha value is -2.74. The van der Waals surface area contributed by atoms with Crippen LogP contribution in [0.15, 0.2) is 47.4 Å². The summed E-state index contributed by atoms with van der Waals surface area (Å²) in [6.07, 6.45) is 0.925. The van der Waals surface area contributed by atoms with Crippen LogP contribution in [0.3, 0.4) is 0 Å². The number of sulfonamides is 1. The van der Waals surface area contributed by atoms with Crippen molar-refractivity contribution in [3.05, 3.63) is 48.0 Å². The Morgan fingerprint density at radius 3 is 2.74 bits per heavy atom. The molecule has 1 N–H and O–H groups in total. The van der Waals surface area contributed by atoms with Gasteiger partial charge in [0.15, 0.2) is 0 Å². The van der Waals surface area contributed by atoms with E-state index >= 15 is 0 Å². The summed E-state index contributed by atoms with van der Waals surface area (Å²) in [5.74, 6) is 0.348. The predicted molar refractivity (Wildman–Crippen MR) is 103 cm³/mol. The second-order valence-corrected chi connectivity index (χ2v) is 7.88. The van der Waals surface area contributed by atoms with Gasteiger partial charge in [-0.15, -0.1) is 0 Å². The summed E-state index contributed by atoms with van der Waals surface area (Å²) < 4.78 is 38.0. The highest BCUT2D eigenvalue weighted by Crippen LogP contribution is 2.34. The SMILES string of the molecule is CCOC(=O)Nc1cc(S(=O)(=O)N2CCCc3ccccc32)ccc1OC. The Morgan fingerprint density at radius 1 is 1.22 bits per heavy atom. The number of carbonyl (C=O) groups is 1. The number of anilines is 2. The van der Waals surface area contributed by atoms with Crippen LogP contribution in [0.5, 0.6) is 5.75 Å². The average Bonchev–Trinajstić information content (AvgIpc) is 2.67. The number of nitrogens with one attached hydrogen (secondary N) is 1. The Bertz CT molecular complexity index is 943. The molecule has 0 spiro atoms. The number of hydrogen-bond donors (Lipinski definition) is 1. The van der Waals surface area contributed by atoms with Crippen LogP contribution in [-0.2, 0) is 21.2 Å². The summed E-state index contributed by atoms with van der Waals surface area (Å²) in [5.41, 5.74) is 1.94. The van der Waals surface area contributed by atoms with E-state index in [1.807, 2.05) is 24.3 Å². The third kappa shape index (κ3) is 3.85. The summed E-state index contributed by atoms with van der Waals surface area (Å²) >= 11 is 0. The highest BCUT2D eigenvalue weighted by atomic mass is 32.2. The fourth-order valence-electron chi connectivity index (χ4n) is 3.10. The standard InChI is InChI=1S/C19H22N2O5S/c1-3-26-19(22)20-16-13-15(10-11-18(16)25-2)27(23,24)21-12-6-8-14-7-4-5-9-17(14)21/h4-5,7,9-11,13H,3,6,8,12H2,1-2H3,(H,20,22). The summed E-state index contributed by atoms with van der Waals surface area (Å²) in [6.45, 7) is 2.30. The van der Waals surface area contributed by atoms with Gasteiger partial charge in [-0.25, -0.2) is 13.2 Å². The molecule has 0 aliphatic carbocycles. The van der Waals surface area contributed by atoms with E-state index in [1.54, 1.807) is 6.92 Å². The number of methoxy groups -OCH3 is 1. The van der Waals surface area contributed by atoms with Gasteiger partial charge in [-0.3, -0.25) is 9.62 Å². The quantitative estimate of drug-likeness (QED) is 0.846. The van der Waals surface area contributed by atoms with Crippen molar-refractivity contribution in [2.75, 3.05) is 29.9 Å². The summed E-state index contributed by atoms with van der Waals surface area (Å²) in [4.78, 5) is 11.8. The van der Waals surface area contributed by atoms with Gasteiger partial charge in [0.25, 0.3) is 10.0 Å². The predicted octanol–water partition coefficient (Wildman–Crippen LogP) is 3.41. The minimum absolute atomic E-state index is 0.0757. The van der Waals surface area contributed by atoms with Gasteiger partial charge in [0.2, 0.25) is 0 Å². The maximum absolute atomic E-state index is 13.3. The summed E-state index contributed by atoms with van der Waals surface area (Å²) in [5, 5.41) is 2.53. The van der Waals surface area contributed by atoms with Gasteiger partial charge in [-0.05, 0) is 49.6 Å². The molecule has 3 rings (SSSR count). The van der Waals surface area contributed by atoms with Crippen LogP contribution in [0.25, 0.3) is 0 Å². The molecule has 1 amide bonds. The van der Waals surface area contributed by atoms with Crippen LogP contribution in [0, 0.1) is 0 Å². The van der Waals surface area contributed by atoms with Crippen molar-refractivity contribution in [3.8, 4) is 5.75 Å². The van der Waals surface area contributed by atoms with Crippen molar-refractivity contribution in [2.24, 2.45) is 0 Å². The lowest BCUT2D eigenvalue weighted by Crippen LogP contribution is -2.35. The van der Waals surface area contributed by atoms with Crippen molar-refractivity contribution in [3.63, 3.8) is 0 Å². The van der Waals surface area contributed by atoms with Crippen molar-refractivity contribution >= 4 is 27.5 Å². The third-order valence-electron chi connectivity index (χ3n) is 4.34. The molecule has 27 heavy (non-hydrogen) atoms. The summed E-state index contributed by atoms with van der Waals surface area (Å²) in [7, 11) is -2.34. The first-order valence-corrected chi connectivity index (χ1v) is 10.1. The Kier molecular flexibility index (Phi) is 5.55. The lowest BCUT2D eigenvalue weighted by Gasteiger charge is -2.30. The molecule has 1 aliphatic heterocycles. The van der Waals surface area contributed by atoms with Crippen LogP contribution in [0.4, 0.5) is 16.2 Å². The van der Waals surface area contributed by atoms with Gasteiger partial charge < -0.3 is 9.47 Å². The number of nitrogens with zero attached hydrogens (tertiary/aromatic N) is 1. The van der Waals surface area contributed by atoms with Crippen LogP contribution in [0.1, 0.15) is 18.9 Å². The molecule has 0 aromatic heterocycles. The van der Waals surface area contributed by atoms with Gasteiger partial charge in [-0.2, -0.15) is 0 Å². The second kappa shape index (κ2) is 7.87. The van der Waals surface area contributed by atoms with E-state index in [4.69, 9.17) is 9.47 Å². The Balaban J connectivity index is 1.99. The van der Waals surface area contributed by atoms with Gasteiger partial charge >= 0.3 is 6.09 Å². The smallest absolute Gasteiger partial charge is 0.411 e. The van der Waals surface area contributed by atoms with Crippen molar-refractivity contribution < 1.29 is 22.7 Å². The normalized spacial score (nSPS) is 13.6. The van der Waals surface area contributed by atoms with Crippen LogP contribution < -0.4 is 14.4 Å². The fraction of sp³-hybridized carbons (Fsp3) is 0.316. The average molecular weight is 390 g/mol. The fourth-order valence-corrected chi connectivity index (χ4v) is 4.67. The minimum atomic E-state index is -3.79. The molecule has 2 aromatic carbocycles. The largest absolute Gasteiger partial charge is 0.495 e. The van der Waals surface area contributed by atoms with Gasteiger partial charge in [0, 0.05) is 6.54 Å². The lowest BCUT2D eigenvalue weighted by atomic mass is 10.0. The number of fused-ring (bicyclic) bond motifs is 1. The van der Waals surface area contributed by atoms with Gasteiger partial charge in [0.1, 0.15) is 5.75 Å². The third-order valence-corrected chi connectivity index (χ3v) is 6.15. The molecule has 0 radical (unpaired) electrons. The molecule has 0 fully saturated rings. The molecule has 7 nitrogen and oxygen atoms in total. The number of rotatable bonds is 5. The maximum Gasteiger partial charge on any atom is 0.411 e. The van der Waals surface area contributed by atoms with E-state index in [2.05, 4.69) is 5.32 Å². The van der Waals surface area contributed by atoms with Gasteiger partial charge in [-0.1, -0.05) is 18.2 Å². The van der Waals surface area contributed by atoms with E-state index in [0.29, 0.717) is 18.0 Å². The molecule has 0 bridgehead atoms. The summed E-state index contributed by atoms with van der Waals surface area (Å²) in [6, 6.07) is 11.9. The molecule has 0 saturated carbocycles. The van der Waals surface area contributed by atoms with E-state index in [1.165, 1.54) is 29.6 Å². The molecule has 1 heterocycles. The van der Waals surface area contributed by atoms with Crippen LogP contribution in [0.2, 0.25) is 0 Å². The lowest BCUT2D eigenvalue weighted by molar-refractivity contribution is 0.168. The van der Waals surface area contributed by atoms with Crippen molar-refractivity contribution in [1.82, 2.24) is 0 Å². The molecule has 0 unspecified atom stereocenters. The first-order valence-electron chi connectivity index (χ1n) is 8.70. The van der Waals surface area contributed by atoms with E-state index < -0.39 is 16.1 Å². The zero-order valence-electron chi connectivity index (χ0n) is 15.3. The molecule has 8 heteroatoms. The van der Waals surface area contributed by atoms with Gasteiger partial charge in [0.05, 0.1) is 30.0 Å². The highest BCUT2D eigenvalue weighted by Gasteiger charge is 2.29. The van der Waals surface area contributed by atoms with E-state index in [9.17, 15) is 13.2 Å². The number of amides is 1. The molecular formula is C19H22N2O5S. The number of carbonyl (C=O) groups excluding carboxylic acids is 1. The number of hydrogen-bond acceptors (Lipinski definition) is 5. The topological polar surface area (TPSA) is 84.9 Å². The number of benzene rings is 2. The molecule has 0 saturated heterocycles. The molecular weight excluding hydrogens is 368 g/mol. The Labute approximate surface area is 158 Å².